The third-order valence-corrected chi connectivity index (χ3v) is 6.48. The van der Waals surface area contributed by atoms with Gasteiger partial charge in [-0.15, -0.1) is 0 Å². The molecule has 156 valence electrons. The van der Waals surface area contributed by atoms with Gasteiger partial charge in [-0.1, -0.05) is 78.9 Å². The summed E-state index contributed by atoms with van der Waals surface area (Å²) in [4.78, 5) is 14.2. The van der Waals surface area contributed by atoms with Crippen molar-refractivity contribution in [2.75, 3.05) is 13.1 Å². The van der Waals surface area contributed by atoms with Gasteiger partial charge in [0.2, 0.25) is 0 Å². The van der Waals surface area contributed by atoms with Crippen molar-refractivity contribution in [2.24, 2.45) is 0 Å². The number of para-hydroxylation sites is 1. The first-order valence-electron chi connectivity index (χ1n) is 11.2. The molecule has 1 aliphatic rings. The van der Waals surface area contributed by atoms with Crippen molar-refractivity contribution < 1.29 is 4.79 Å². The van der Waals surface area contributed by atoms with Gasteiger partial charge in [0.1, 0.15) is 6.29 Å². The monoisotopic (exact) mass is 408 g/mol. The molecule has 0 radical (unpaired) electrons. The Hall–Kier alpha value is -3.17. The predicted molar refractivity (Wildman–Crippen MR) is 126 cm³/mol. The summed E-state index contributed by atoms with van der Waals surface area (Å²) in [6.45, 7) is 3.68. The zero-order valence-corrected chi connectivity index (χ0v) is 17.8. The Morgan fingerprint density at radius 2 is 1.45 bits per heavy atom. The van der Waals surface area contributed by atoms with Crippen LogP contribution in [0.1, 0.15) is 34.7 Å². The van der Waals surface area contributed by atoms with Gasteiger partial charge >= 0.3 is 0 Å². The number of aldehydes is 1. The van der Waals surface area contributed by atoms with Crippen LogP contribution in [0.3, 0.4) is 0 Å². The molecule has 1 aliphatic heterocycles. The Bertz CT molecular complexity index is 1160. The molecule has 1 unspecified atom stereocenters. The largest absolute Gasteiger partial charge is 0.340 e. The van der Waals surface area contributed by atoms with Gasteiger partial charge in [-0.25, -0.2) is 0 Å². The molecule has 1 aromatic heterocycles. The van der Waals surface area contributed by atoms with Gasteiger partial charge < -0.3 is 9.36 Å². The van der Waals surface area contributed by atoms with Gasteiger partial charge in [-0.05, 0) is 29.2 Å². The van der Waals surface area contributed by atoms with E-state index >= 15 is 0 Å². The van der Waals surface area contributed by atoms with E-state index in [0.717, 1.165) is 38.9 Å². The first-order chi connectivity index (χ1) is 15.3. The van der Waals surface area contributed by atoms with Crippen molar-refractivity contribution in [3.05, 3.63) is 107 Å². The predicted octanol–water partition coefficient (Wildman–Crippen LogP) is 5.42. The molecule has 0 spiro atoms. The standard InChI is InChI=1S/C28H28N2O/c31-18-16-24-21-29(19-22-9-3-1-4-10-22)17-15-26-25-13-7-8-14-27(25)30(28(24)26)20-23-11-5-2-6-12-23/h1-14,18,24H,15-17,19-21H2. The summed E-state index contributed by atoms with van der Waals surface area (Å²) >= 11 is 0. The highest BCUT2D eigenvalue weighted by molar-refractivity contribution is 5.86. The summed E-state index contributed by atoms with van der Waals surface area (Å²) in [6, 6.07) is 30.0. The molecule has 0 N–H and O–H groups in total. The smallest absolute Gasteiger partial charge is 0.120 e. The fourth-order valence-electron chi connectivity index (χ4n) is 5.11. The zero-order valence-electron chi connectivity index (χ0n) is 17.8. The maximum Gasteiger partial charge on any atom is 0.120 e. The van der Waals surface area contributed by atoms with Gasteiger partial charge in [-0.3, -0.25) is 4.90 Å². The van der Waals surface area contributed by atoms with Crippen LogP contribution < -0.4 is 0 Å². The van der Waals surface area contributed by atoms with Gasteiger partial charge in [0.25, 0.3) is 0 Å². The first kappa shape index (κ1) is 19.8. The van der Waals surface area contributed by atoms with Crippen molar-refractivity contribution in [2.45, 2.75) is 31.8 Å². The van der Waals surface area contributed by atoms with Crippen molar-refractivity contribution in [3.8, 4) is 0 Å². The number of nitrogens with zero attached hydrogens (tertiary/aromatic N) is 2. The Labute approximate surface area is 183 Å². The molecule has 0 saturated carbocycles. The van der Waals surface area contributed by atoms with E-state index in [1.165, 1.54) is 33.3 Å². The molecule has 0 saturated heterocycles. The highest BCUT2D eigenvalue weighted by Gasteiger charge is 2.29. The molecule has 31 heavy (non-hydrogen) atoms. The van der Waals surface area contributed by atoms with Crippen molar-refractivity contribution in [1.82, 2.24) is 9.47 Å². The SMILES string of the molecule is O=CCC1CN(Cc2ccccc2)CCc2c1n(Cc1ccccc1)c1ccccc21. The second-order valence-corrected chi connectivity index (χ2v) is 8.52. The highest BCUT2D eigenvalue weighted by atomic mass is 16.1. The average Bonchev–Trinajstić information content (AvgIpc) is 3.00. The summed E-state index contributed by atoms with van der Waals surface area (Å²) in [5.74, 6) is 0.204. The number of rotatable bonds is 6. The molecule has 0 bridgehead atoms. The maximum absolute atomic E-state index is 11.7. The van der Waals surface area contributed by atoms with E-state index in [0.29, 0.717) is 6.42 Å². The summed E-state index contributed by atoms with van der Waals surface area (Å²) in [7, 11) is 0. The lowest BCUT2D eigenvalue weighted by Crippen LogP contribution is -2.29. The second-order valence-electron chi connectivity index (χ2n) is 8.52. The van der Waals surface area contributed by atoms with E-state index < -0.39 is 0 Å². The third kappa shape index (κ3) is 4.06. The van der Waals surface area contributed by atoms with Crippen LogP contribution in [0, 0.1) is 0 Å². The molecule has 0 amide bonds. The van der Waals surface area contributed by atoms with Crippen LogP contribution in [0.2, 0.25) is 0 Å². The van der Waals surface area contributed by atoms with E-state index in [1.54, 1.807) is 0 Å². The molecule has 3 nitrogen and oxygen atoms in total. The summed E-state index contributed by atoms with van der Waals surface area (Å²) < 4.78 is 2.47. The van der Waals surface area contributed by atoms with E-state index in [9.17, 15) is 4.79 Å². The van der Waals surface area contributed by atoms with Gasteiger partial charge in [0, 0.05) is 55.1 Å². The van der Waals surface area contributed by atoms with Crippen LogP contribution >= 0.6 is 0 Å². The minimum Gasteiger partial charge on any atom is -0.340 e. The number of carbonyl (C=O) groups is 1. The van der Waals surface area contributed by atoms with Gasteiger partial charge in [0.15, 0.2) is 0 Å². The molecule has 0 fully saturated rings. The van der Waals surface area contributed by atoms with Crippen molar-refractivity contribution in [1.29, 1.82) is 0 Å². The topological polar surface area (TPSA) is 25.2 Å². The minimum absolute atomic E-state index is 0.204. The van der Waals surface area contributed by atoms with E-state index in [4.69, 9.17) is 0 Å². The first-order valence-corrected chi connectivity index (χ1v) is 11.2. The quantitative estimate of drug-likeness (QED) is 0.398. The third-order valence-electron chi connectivity index (χ3n) is 6.48. The molecule has 0 aliphatic carbocycles. The van der Waals surface area contributed by atoms with E-state index in [1.807, 2.05) is 0 Å². The zero-order chi connectivity index (χ0) is 21.0. The second kappa shape index (κ2) is 8.91. The fourth-order valence-corrected chi connectivity index (χ4v) is 5.11. The number of hydrogen-bond acceptors (Lipinski definition) is 2. The van der Waals surface area contributed by atoms with Crippen LogP contribution in [0.25, 0.3) is 10.9 Å². The lowest BCUT2D eigenvalue weighted by Gasteiger charge is -2.25. The number of benzene rings is 3. The molecule has 5 rings (SSSR count). The molecular weight excluding hydrogens is 380 g/mol. The van der Waals surface area contributed by atoms with E-state index in [2.05, 4.69) is 94.4 Å². The number of fused-ring (bicyclic) bond motifs is 3. The molecular formula is C28H28N2O. The lowest BCUT2D eigenvalue weighted by atomic mass is 9.97. The summed E-state index contributed by atoms with van der Waals surface area (Å²) in [5.41, 5.74) is 6.68. The van der Waals surface area contributed by atoms with Gasteiger partial charge in [0.05, 0.1) is 0 Å². The van der Waals surface area contributed by atoms with Gasteiger partial charge in [-0.2, -0.15) is 0 Å². The van der Waals surface area contributed by atoms with Crippen LogP contribution in [-0.2, 0) is 24.3 Å². The number of hydrogen-bond donors (Lipinski definition) is 0. The minimum atomic E-state index is 0.204. The Morgan fingerprint density at radius 1 is 0.806 bits per heavy atom. The van der Waals surface area contributed by atoms with Crippen LogP contribution in [0.15, 0.2) is 84.9 Å². The van der Waals surface area contributed by atoms with E-state index in [-0.39, 0.29) is 5.92 Å². The lowest BCUT2D eigenvalue weighted by molar-refractivity contribution is -0.108. The summed E-state index contributed by atoms with van der Waals surface area (Å²) in [5, 5.41) is 1.34. The fraction of sp³-hybridized carbons (Fsp3) is 0.250. The molecule has 4 aromatic rings. The summed E-state index contributed by atoms with van der Waals surface area (Å²) in [6.07, 6.45) is 2.67. The average molecular weight is 409 g/mol. The van der Waals surface area contributed by atoms with Crippen molar-refractivity contribution >= 4 is 17.2 Å². The Morgan fingerprint density at radius 3 is 2.16 bits per heavy atom. The molecule has 3 heteroatoms. The Balaban J connectivity index is 1.56. The molecule has 1 atom stereocenters. The molecule has 2 heterocycles. The number of carbonyl (C=O) groups excluding carboxylic acids is 1. The van der Waals surface area contributed by atoms with Crippen LogP contribution in [0.4, 0.5) is 0 Å². The maximum atomic E-state index is 11.7. The normalized spacial score (nSPS) is 16.7. The highest BCUT2D eigenvalue weighted by Crippen LogP contribution is 2.36. The number of aromatic nitrogens is 1. The molecule has 3 aromatic carbocycles. The Kier molecular flexibility index (Phi) is 5.68. The van der Waals surface area contributed by atoms with Crippen LogP contribution in [-0.4, -0.2) is 28.8 Å². The van der Waals surface area contributed by atoms with Crippen molar-refractivity contribution in [3.63, 3.8) is 0 Å². The van der Waals surface area contributed by atoms with Crippen LogP contribution in [0.5, 0.6) is 0 Å².